The van der Waals surface area contributed by atoms with E-state index in [0.29, 0.717) is 24.5 Å². The number of carbonyl (C=O) groups is 1. The number of thiophene rings is 1. The number of nitrogens with zero attached hydrogens (tertiary/aromatic N) is 3. The van der Waals surface area contributed by atoms with Crippen LogP contribution in [0, 0.1) is 13.8 Å². The van der Waals surface area contributed by atoms with Gasteiger partial charge in [0, 0.05) is 35.1 Å². The molecule has 174 valence electrons. The molecule has 0 aliphatic rings. The van der Waals surface area contributed by atoms with Crippen LogP contribution >= 0.6 is 11.3 Å². The Morgan fingerprint density at radius 3 is 2.71 bits per heavy atom. The largest absolute Gasteiger partial charge is 0.384 e. The fourth-order valence-electron chi connectivity index (χ4n) is 3.50. The minimum atomic E-state index is -0.234. The van der Waals surface area contributed by atoms with Crippen LogP contribution in [0.5, 0.6) is 0 Å². The molecule has 0 saturated heterocycles. The monoisotopic (exact) mass is 474 g/mol. The zero-order valence-corrected chi connectivity index (χ0v) is 19.9. The minimum Gasteiger partial charge on any atom is -0.384 e. The second-order valence-corrected chi connectivity index (χ2v) is 9.07. The number of pyridine rings is 3. The molecule has 34 heavy (non-hydrogen) atoms. The molecule has 0 radical (unpaired) electrons. The van der Waals surface area contributed by atoms with Gasteiger partial charge in [0.15, 0.2) is 0 Å². The van der Waals surface area contributed by atoms with Crippen molar-refractivity contribution in [1.82, 2.24) is 20.0 Å². The second-order valence-electron chi connectivity index (χ2n) is 7.90. The molecule has 0 fully saturated rings. The zero-order valence-electron chi connectivity index (χ0n) is 19.0. The number of hydrogen-bond donors (Lipinski definition) is 3. The topological polar surface area (TPSA) is 115 Å². The quantitative estimate of drug-likeness (QED) is 0.361. The van der Waals surface area contributed by atoms with Crippen LogP contribution in [0.3, 0.4) is 0 Å². The molecule has 0 saturated carbocycles. The molecular formula is C25H26N6O2S. The number of anilines is 1. The summed E-state index contributed by atoms with van der Waals surface area (Å²) in [6, 6.07) is 15.2. The first kappa shape index (κ1) is 23.2. The molecule has 0 aromatic carbocycles. The number of carbonyl (C=O) groups excluding carboxylic acids is 1. The lowest BCUT2D eigenvalue weighted by atomic mass is 10.1. The molecule has 0 aliphatic carbocycles. The maximum absolute atomic E-state index is 13.0. The van der Waals surface area contributed by atoms with Gasteiger partial charge in [0.05, 0.1) is 23.5 Å². The number of aryl methyl sites for hydroxylation is 2. The number of aromatic nitrogens is 3. The van der Waals surface area contributed by atoms with Crippen molar-refractivity contribution in [3.8, 4) is 10.6 Å². The van der Waals surface area contributed by atoms with Crippen molar-refractivity contribution in [2.24, 2.45) is 0 Å². The summed E-state index contributed by atoms with van der Waals surface area (Å²) < 4.78 is 1.43. The summed E-state index contributed by atoms with van der Waals surface area (Å²) in [5.74, 6) is 0.212. The highest BCUT2D eigenvalue weighted by Crippen LogP contribution is 2.26. The van der Waals surface area contributed by atoms with Gasteiger partial charge in [-0.25, -0.2) is 9.66 Å². The fraction of sp³-hybridized carbons (Fsp3) is 0.200. The van der Waals surface area contributed by atoms with Gasteiger partial charge in [-0.15, -0.1) is 11.3 Å². The van der Waals surface area contributed by atoms with E-state index >= 15 is 0 Å². The SMILES string of the molecule is Cc1ccn(NCc2ccc(-c3ccccn3)s2)c(=O)c1CC(=O)NCc1ccc(N)nc1C. The van der Waals surface area contributed by atoms with Crippen LogP contribution < -0.4 is 22.0 Å². The first-order chi connectivity index (χ1) is 16.4. The van der Waals surface area contributed by atoms with E-state index in [-0.39, 0.29) is 17.9 Å². The van der Waals surface area contributed by atoms with Gasteiger partial charge in [-0.05, 0) is 61.4 Å². The molecule has 4 aromatic rings. The maximum Gasteiger partial charge on any atom is 0.272 e. The van der Waals surface area contributed by atoms with Gasteiger partial charge in [0.2, 0.25) is 5.91 Å². The van der Waals surface area contributed by atoms with E-state index in [9.17, 15) is 9.59 Å². The lowest BCUT2D eigenvalue weighted by molar-refractivity contribution is -0.120. The third kappa shape index (κ3) is 5.49. The number of amides is 1. The summed E-state index contributed by atoms with van der Waals surface area (Å²) in [5, 5.41) is 2.87. The highest BCUT2D eigenvalue weighted by atomic mass is 32.1. The van der Waals surface area contributed by atoms with Crippen molar-refractivity contribution in [2.75, 3.05) is 11.2 Å². The molecule has 0 bridgehead atoms. The van der Waals surface area contributed by atoms with E-state index in [1.165, 1.54) is 4.68 Å². The van der Waals surface area contributed by atoms with Crippen LogP contribution in [0.25, 0.3) is 10.6 Å². The first-order valence-electron chi connectivity index (χ1n) is 10.8. The Hall–Kier alpha value is -3.98. The van der Waals surface area contributed by atoms with Crippen LogP contribution in [0.4, 0.5) is 5.82 Å². The van der Waals surface area contributed by atoms with Crippen molar-refractivity contribution in [3.05, 3.63) is 98.5 Å². The zero-order chi connectivity index (χ0) is 24.1. The molecule has 0 unspecified atom stereocenters. The van der Waals surface area contributed by atoms with Crippen molar-refractivity contribution in [2.45, 2.75) is 33.4 Å². The van der Waals surface area contributed by atoms with Crippen molar-refractivity contribution < 1.29 is 4.79 Å². The van der Waals surface area contributed by atoms with Crippen LogP contribution in [0.2, 0.25) is 0 Å². The van der Waals surface area contributed by atoms with Gasteiger partial charge >= 0.3 is 0 Å². The number of nitrogen functional groups attached to an aromatic ring is 1. The standard InChI is InChI=1S/C25H26N6O2S/c1-16-10-12-31(29-15-19-7-8-22(34-19)21-5-3-4-11-27-21)25(33)20(16)13-24(32)28-14-18-6-9-23(26)30-17(18)2/h3-12,29H,13-15H2,1-2H3,(H2,26,30)(H,28,32). The third-order valence-electron chi connectivity index (χ3n) is 5.46. The Labute approximate surface area is 201 Å². The molecule has 4 heterocycles. The summed E-state index contributed by atoms with van der Waals surface area (Å²) >= 11 is 1.62. The predicted molar refractivity (Wildman–Crippen MR) is 135 cm³/mol. The maximum atomic E-state index is 13.0. The van der Waals surface area contributed by atoms with Crippen molar-refractivity contribution in [1.29, 1.82) is 0 Å². The lowest BCUT2D eigenvalue weighted by Gasteiger charge is -2.13. The smallest absolute Gasteiger partial charge is 0.272 e. The summed E-state index contributed by atoms with van der Waals surface area (Å²) in [6.45, 7) is 4.49. The minimum absolute atomic E-state index is 0.00252. The van der Waals surface area contributed by atoms with E-state index in [4.69, 9.17) is 5.73 Å². The molecule has 0 atom stereocenters. The Kier molecular flexibility index (Phi) is 7.03. The van der Waals surface area contributed by atoms with Crippen LogP contribution in [-0.2, 0) is 24.3 Å². The molecule has 4 aromatic heterocycles. The molecular weight excluding hydrogens is 448 g/mol. The Balaban J connectivity index is 1.40. The van der Waals surface area contributed by atoms with Gasteiger partial charge in [-0.1, -0.05) is 12.1 Å². The van der Waals surface area contributed by atoms with Gasteiger partial charge in [-0.2, -0.15) is 0 Å². The van der Waals surface area contributed by atoms with E-state index in [0.717, 1.165) is 32.3 Å². The number of rotatable bonds is 8. The molecule has 4 rings (SSSR count). The lowest BCUT2D eigenvalue weighted by Crippen LogP contribution is -2.34. The van der Waals surface area contributed by atoms with Gasteiger partial charge in [0.25, 0.3) is 5.56 Å². The normalized spacial score (nSPS) is 10.8. The van der Waals surface area contributed by atoms with E-state index in [1.807, 2.05) is 56.3 Å². The Morgan fingerprint density at radius 2 is 1.94 bits per heavy atom. The summed E-state index contributed by atoms with van der Waals surface area (Å²) in [4.78, 5) is 36.3. The summed E-state index contributed by atoms with van der Waals surface area (Å²) in [6.07, 6.45) is 3.46. The molecule has 0 aliphatic heterocycles. The molecule has 8 nitrogen and oxygen atoms in total. The molecule has 1 amide bonds. The summed E-state index contributed by atoms with van der Waals surface area (Å²) in [7, 11) is 0. The van der Waals surface area contributed by atoms with Gasteiger partial charge < -0.3 is 16.5 Å². The third-order valence-corrected chi connectivity index (χ3v) is 6.57. The number of hydrogen-bond acceptors (Lipinski definition) is 7. The average molecular weight is 475 g/mol. The van der Waals surface area contributed by atoms with Crippen LogP contribution in [0.1, 0.15) is 27.3 Å². The average Bonchev–Trinajstić information content (AvgIpc) is 3.30. The first-order valence-corrected chi connectivity index (χ1v) is 11.7. The number of nitrogens with two attached hydrogens (primary N) is 1. The fourth-order valence-corrected chi connectivity index (χ4v) is 4.42. The second kappa shape index (κ2) is 10.3. The molecule has 9 heteroatoms. The highest BCUT2D eigenvalue weighted by molar-refractivity contribution is 7.15. The van der Waals surface area contributed by atoms with Crippen molar-refractivity contribution in [3.63, 3.8) is 0 Å². The number of nitrogens with one attached hydrogen (secondary N) is 2. The highest BCUT2D eigenvalue weighted by Gasteiger charge is 2.13. The predicted octanol–water partition coefficient (Wildman–Crippen LogP) is 3.17. The van der Waals surface area contributed by atoms with Crippen LogP contribution in [0.15, 0.2) is 65.7 Å². The molecule has 0 spiro atoms. The van der Waals surface area contributed by atoms with E-state index in [1.54, 1.807) is 29.8 Å². The van der Waals surface area contributed by atoms with E-state index in [2.05, 4.69) is 20.7 Å². The van der Waals surface area contributed by atoms with E-state index < -0.39 is 0 Å². The van der Waals surface area contributed by atoms with Crippen molar-refractivity contribution >= 4 is 23.1 Å². The van der Waals surface area contributed by atoms with Gasteiger partial charge in [-0.3, -0.25) is 14.6 Å². The van der Waals surface area contributed by atoms with Crippen LogP contribution in [-0.4, -0.2) is 20.6 Å². The Bertz CT molecular complexity index is 1360. The summed E-state index contributed by atoms with van der Waals surface area (Å²) in [5.41, 5.74) is 12.4. The molecule has 4 N–H and O–H groups in total. The van der Waals surface area contributed by atoms with Gasteiger partial charge in [0.1, 0.15) is 5.82 Å². The Morgan fingerprint density at radius 1 is 1.09 bits per heavy atom.